The summed E-state index contributed by atoms with van der Waals surface area (Å²) in [5.74, 6) is 0.441. The monoisotopic (exact) mass is 192 g/mol. The molecule has 12 heavy (non-hydrogen) atoms. The zero-order chi connectivity index (χ0) is 9.35. The van der Waals surface area contributed by atoms with E-state index < -0.39 is 16.0 Å². The second-order valence-corrected chi connectivity index (χ2v) is 3.99. The predicted octanol–water partition coefficient (Wildman–Crippen LogP) is 1.70. The molecule has 0 unspecified atom stereocenters. The lowest BCUT2D eigenvalue weighted by atomic mass is 10.3. The van der Waals surface area contributed by atoms with Crippen molar-refractivity contribution in [3.8, 4) is 0 Å². The summed E-state index contributed by atoms with van der Waals surface area (Å²) in [7, 11) is -4.45. The van der Waals surface area contributed by atoms with Crippen molar-refractivity contribution in [1.82, 2.24) is 0 Å². The van der Waals surface area contributed by atoms with Gasteiger partial charge >= 0.3 is 10.2 Å². The van der Waals surface area contributed by atoms with E-state index in [4.69, 9.17) is 4.42 Å². The quantitative estimate of drug-likeness (QED) is 0.670. The molecule has 0 fully saturated rings. The largest absolute Gasteiger partial charge is 0.466 e. The molecule has 1 rings (SSSR count). The Labute approximate surface area is 70.4 Å². The molecular weight excluding hydrogens is 183 g/mol. The molecule has 0 atom stereocenters. The Hall–Kier alpha value is -0.840. The van der Waals surface area contributed by atoms with E-state index in [0.29, 0.717) is 17.1 Å². The number of hydrogen-bond acceptors (Lipinski definition) is 3. The highest BCUT2D eigenvalue weighted by molar-refractivity contribution is 7.85. The molecule has 68 valence electrons. The molecule has 0 spiro atoms. The molecule has 0 bridgehead atoms. The van der Waals surface area contributed by atoms with Crippen molar-refractivity contribution in [1.29, 1.82) is 0 Å². The summed E-state index contributed by atoms with van der Waals surface area (Å²) in [5.41, 5.74) is 0.384. The fourth-order valence-electron chi connectivity index (χ4n) is 1.01. The first-order valence-electron chi connectivity index (χ1n) is 3.37. The highest BCUT2D eigenvalue weighted by Gasteiger charge is 2.13. The van der Waals surface area contributed by atoms with Crippen LogP contribution in [-0.4, -0.2) is 8.42 Å². The Balaban J connectivity index is 2.97. The van der Waals surface area contributed by atoms with E-state index >= 15 is 0 Å². The standard InChI is InChI=1S/C7H9FO3S/c1-5-3-7(6(2)11-5)4-12(8,9)10/h3H,4H2,1-2H3. The van der Waals surface area contributed by atoms with E-state index in [9.17, 15) is 12.3 Å². The first-order valence-corrected chi connectivity index (χ1v) is 4.92. The molecule has 0 N–H and O–H groups in total. The van der Waals surface area contributed by atoms with Crippen molar-refractivity contribution in [2.75, 3.05) is 0 Å². The van der Waals surface area contributed by atoms with Crippen molar-refractivity contribution in [2.45, 2.75) is 19.6 Å². The summed E-state index contributed by atoms with van der Waals surface area (Å²) in [6.45, 7) is 3.29. The molecule has 5 heteroatoms. The van der Waals surface area contributed by atoms with Crippen LogP contribution in [0.2, 0.25) is 0 Å². The Bertz CT molecular complexity index is 377. The molecule has 0 aliphatic heterocycles. The van der Waals surface area contributed by atoms with E-state index in [0.717, 1.165) is 0 Å². The molecule has 0 amide bonds. The summed E-state index contributed by atoms with van der Waals surface area (Å²) in [5, 5.41) is 0. The van der Waals surface area contributed by atoms with Gasteiger partial charge in [-0.3, -0.25) is 0 Å². The topological polar surface area (TPSA) is 47.3 Å². The van der Waals surface area contributed by atoms with Crippen LogP contribution in [0.4, 0.5) is 3.89 Å². The zero-order valence-electron chi connectivity index (χ0n) is 6.80. The van der Waals surface area contributed by atoms with Crippen molar-refractivity contribution in [2.24, 2.45) is 0 Å². The highest BCUT2D eigenvalue weighted by atomic mass is 32.3. The Morgan fingerprint density at radius 2 is 2.08 bits per heavy atom. The summed E-state index contributed by atoms with van der Waals surface area (Å²) < 4.78 is 37.7. The first-order chi connectivity index (χ1) is 5.38. The second kappa shape index (κ2) is 2.90. The average Bonchev–Trinajstić information content (AvgIpc) is 2.06. The summed E-state index contributed by atoms with van der Waals surface area (Å²) >= 11 is 0. The number of hydrogen-bond donors (Lipinski definition) is 0. The van der Waals surface area contributed by atoms with E-state index in [1.165, 1.54) is 6.07 Å². The summed E-state index contributed by atoms with van der Waals surface area (Å²) in [4.78, 5) is 0. The van der Waals surface area contributed by atoms with Gasteiger partial charge in [-0.1, -0.05) is 0 Å². The summed E-state index contributed by atoms with van der Waals surface area (Å²) in [6, 6.07) is 1.52. The van der Waals surface area contributed by atoms with Gasteiger partial charge < -0.3 is 4.42 Å². The lowest BCUT2D eigenvalue weighted by molar-refractivity contribution is 0.501. The molecule has 0 saturated heterocycles. The van der Waals surface area contributed by atoms with Gasteiger partial charge in [0, 0.05) is 5.56 Å². The van der Waals surface area contributed by atoms with Crippen LogP contribution in [0, 0.1) is 13.8 Å². The maximum atomic E-state index is 12.2. The van der Waals surface area contributed by atoms with Crippen LogP contribution in [0.3, 0.4) is 0 Å². The van der Waals surface area contributed by atoms with Crippen molar-refractivity contribution in [3.05, 3.63) is 23.2 Å². The third-order valence-electron chi connectivity index (χ3n) is 1.47. The van der Waals surface area contributed by atoms with Gasteiger partial charge in [0.15, 0.2) is 0 Å². The van der Waals surface area contributed by atoms with Crippen LogP contribution >= 0.6 is 0 Å². The fraction of sp³-hybridized carbons (Fsp3) is 0.429. The van der Waals surface area contributed by atoms with Crippen molar-refractivity contribution >= 4 is 10.2 Å². The van der Waals surface area contributed by atoms with Crippen molar-refractivity contribution < 1.29 is 16.7 Å². The van der Waals surface area contributed by atoms with Crippen LogP contribution in [-0.2, 0) is 16.0 Å². The lowest BCUT2D eigenvalue weighted by Crippen LogP contribution is -1.95. The average molecular weight is 192 g/mol. The molecule has 0 aromatic carbocycles. The molecule has 1 aromatic heterocycles. The van der Waals surface area contributed by atoms with Gasteiger partial charge in [0.25, 0.3) is 0 Å². The van der Waals surface area contributed by atoms with E-state index in [-0.39, 0.29) is 0 Å². The third kappa shape index (κ3) is 2.34. The number of rotatable bonds is 2. The minimum absolute atomic E-state index is 0.384. The SMILES string of the molecule is Cc1cc(CS(=O)(=O)F)c(C)o1. The molecule has 0 saturated carbocycles. The highest BCUT2D eigenvalue weighted by Crippen LogP contribution is 2.16. The molecule has 1 heterocycles. The smallest absolute Gasteiger partial charge is 0.306 e. The van der Waals surface area contributed by atoms with Gasteiger partial charge in [-0.05, 0) is 19.9 Å². The second-order valence-electron chi connectivity index (χ2n) is 2.62. The minimum atomic E-state index is -4.45. The Kier molecular flexibility index (Phi) is 2.23. The maximum absolute atomic E-state index is 12.2. The Morgan fingerprint density at radius 1 is 1.50 bits per heavy atom. The van der Waals surface area contributed by atoms with Gasteiger partial charge in [0.05, 0.1) is 0 Å². The fourth-order valence-corrected chi connectivity index (χ4v) is 1.67. The number of halogens is 1. The first kappa shape index (κ1) is 9.25. The summed E-state index contributed by atoms with van der Waals surface area (Å²) in [6.07, 6.45) is 0. The molecule has 0 radical (unpaired) electrons. The molecule has 0 aliphatic carbocycles. The Morgan fingerprint density at radius 3 is 2.42 bits per heavy atom. The molecular formula is C7H9FO3S. The normalized spacial score (nSPS) is 11.9. The van der Waals surface area contributed by atoms with Crippen LogP contribution in [0.25, 0.3) is 0 Å². The molecule has 0 aliphatic rings. The van der Waals surface area contributed by atoms with Crippen LogP contribution in [0.15, 0.2) is 10.5 Å². The van der Waals surface area contributed by atoms with Crippen molar-refractivity contribution in [3.63, 3.8) is 0 Å². The number of aryl methyl sites for hydroxylation is 2. The van der Waals surface area contributed by atoms with E-state index in [2.05, 4.69) is 0 Å². The zero-order valence-corrected chi connectivity index (χ0v) is 7.61. The van der Waals surface area contributed by atoms with Gasteiger partial charge in [-0.2, -0.15) is 8.42 Å². The van der Waals surface area contributed by atoms with Crippen LogP contribution in [0.1, 0.15) is 17.1 Å². The van der Waals surface area contributed by atoms with Gasteiger partial charge in [0.1, 0.15) is 17.3 Å². The maximum Gasteiger partial charge on any atom is 0.306 e. The van der Waals surface area contributed by atoms with Gasteiger partial charge in [0.2, 0.25) is 0 Å². The predicted molar refractivity (Wildman–Crippen MR) is 41.9 cm³/mol. The van der Waals surface area contributed by atoms with Crippen LogP contribution < -0.4 is 0 Å². The van der Waals surface area contributed by atoms with Gasteiger partial charge in [-0.15, -0.1) is 3.89 Å². The lowest BCUT2D eigenvalue weighted by Gasteiger charge is -1.91. The van der Waals surface area contributed by atoms with E-state index in [1.807, 2.05) is 0 Å². The molecule has 1 aromatic rings. The van der Waals surface area contributed by atoms with E-state index in [1.54, 1.807) is 13.8 Å². The minimum Gasteiger partial charge on any atom is -0.466 e. The number of furan rings is 1. The third-order valence-corrected chi connectivity index (χ3v) is 2.13. The van der Waals surface area contributed by atoms with Crippen LogP contribution in [0.5, 0.6) is 0 Å². The molecule has 3 nitrogen and oxygen atoms in total. The van der Waals surface area contributed by atoms with Gasteiger partial charge in [-0.25, -0.2) is 0 Å².